The van der Waals surface area contributed by atoms with Crippen LogP contribution in [-0.4, -0.2) is 23.2 Å². The van der Waals surface area contributed by atoms with Crippen LogP contribution in [0.1, 0.15) is 64.4 Å². The van der Waals surface area contributed by atoms with Gasteiger partial charge in [-0.1, -0.05) is 58.1 Å². The van der Waals surface area contributed by atoms with E-state index in [1.807, 2.05) is 24.3 Å². The smallest absolute Gasteiger partial charge is 0.243 e. The van der Waals surface area contributed by atoms with Crippen molar-refractivity contribution in [2.24, 2.45) is 5.73 Å². The fourth-order valence-electron chi connectivity index (χ4n) is 2.52. The molecular weight excluding hydrogens is 288 g/mol. The Morgan fingerprint density at radius 1 is 1.09 bits per heavy atom. The summed E-state index contributed by atoms with van der Waals surface area (Å²) in [5.41, 5.74) is 7.71. The topological polar surface area (TPSA) is 75.4 Å². The molecule has 0 saturated carbocycles. The molecule has 4 heteroatoms. The molecule has 1 aromatic rings. The third-order valence-corrected chi connectivity index (χ3v) is 4.18. The molecule has 0 aromatic heterocycles. The van der Waals surface area contributed by atoms with E-state index in [-0.39, 0.29) is 5.91 Å². The standard InChI is InChI=1S/C19H32N2O2/c1-3-5-6-7-8-9-10-15-11-13-16(14-12-15)21-19(23)18(20)17(22)4-2/h11-14,17-18,22H,3-10,20H2,1-2H3,(H,21,23)/t17-,18+/m1/s1. The van der Waals surface area contributed by atoms with Gasteiger partial charge < -0.3 is 16.2 Å². The van der Waals surface area contributed by atoms with Crippen molar-refractivity contribution in [1.82, 2.24) is 0 Å². The van der Waals surface area contributed by atoms with Gasteiger partial charge in [-0.25, -0.2) is 0 Å². The van der Waals surface area contributed by atoms with E-state index in [1.54, 1.807) is 6.92 Å². The van der Waals surface area contributed by atoms with Crippen molar-refractivity contribution in [2.45, 2.75) is 77.4 Å². The average Bonchev–Trinajstić information content (AvgIpc) is 2.57. The predicted molar refractivity (Wildman–Crippen MR) is 96.4 cm³/mol. The predicted octanol–water partition coefficient (Wildman–Crippen LogP) is 3.63. The van der Waals surface area contributed by atoms with Crippen molar-refractivity contribution >= 4 is 11.6 Å². The van der Waals surface area contributed by atoms with Crippen LogP contribution in [0.4, 0.5) is 5.69 Å². The number of nitrogens with two attached hydrogens (primary N) is 1. The summed E-state index contributed by atoms with van der Waals surface area (Å²) in [5.74, 6) is -0.344. The molecule has 1 rings (SSSR count). The zero-order chi connectivity index (χ0) is 17.1. The summed E-state index contributed by atoms with van der Waals surface area (Å²) in [6.07, 6.45) is 8.51. The molecule has 0 spiro atoms. The van der Waals surface area contributed by atoms with E-state index in [1.165, 1.54) is 44.1 Å². The highest BCUT2D eigenvalue weighted by atomic mass is 16.3. The van der Waals surface area contributed by atoms with Gasteiger partial charge in [0.15, 0.2) is 0 Å². The zero-order valence-electron chi connectivity index (χ0n) is 14.6. The Hall–Kier alpha value is -1.39. The zero-order valence-corrected chi connectivity index (χ0v) is 14.6. The van der Waals surface area contributed by atoms with Gasteiger partial charge in [0.25, 0.3) is 0 Å². The maximum Gasteiger partial charge on any atom is 0.243 e. The Morgan fingerprint density at radius 2 is 1.70 bits per heavy atom. The molecule has 0 aliphatic rings. The number of hydrogen-bond donors (Lipinski definition) is 3. The Bertz CT molecular complexity index is 445. The Kier molecular flexibility index (Phi) is 9.57. The molecule has 0 aliphatic heterocycles. The molecule has 4 N–H and O–H groups in total. The van der Waals surface area contributed by atoms with Gasteiger partial charge in [0.05, 0.1) is 6.10 Å². The third-order valence-electron chi connectivity index (χ3n) is 4.18. The third kappa shape index (κ3) is 7.62. The number of aryl methyl sites for hydroxylation is 1. The highest BCUT2D eigenvalue weighted by molar-refractivity contribution is 5.95. The number of amides is 1. The van der Waals surface area contributed by atoms with Crippen LogP contribution in [0.15, 0.2) is 24.3 Å². The first-order valence-electron chi connectivity index (χ1n) is 8.92. The SMILES string of the molecule is CCCCCCCCc1ccc(NC(=O)[C@@H](N)[C@H](O)CC)cc1. The fourth-order valence-corrected chi connectivity index (χ4v) is 2.52. The lowest BCUT2D eigenvalue weighted by Gasteiger charge is -2.16. The van der Waals surface area contributed by atoms with Crippen LogP contribution in [0, 0.1) is 0 Å². The number of carbonyl (C=O) groups excluding carboxylic acids is 1. The lowest BCUT2D eigenvalue weighted by atomic mass is 10.0. The maximum absolute atomic E-state index is 11.9. The molecule has 1 amide bonds. The van der Waals surface area contributed by atoms with Gasteiger partial charge in [-0.15, -0.1) is 0 Å². The van der Waals surface area contributed by atoms with Crippen LogP contribution in [0.25, 0.3) is 0 Å². The van der Waals surface area contributed by atoms with E-state index in [9.17, 15) is 9.90 Å². The van der Waals surface area contributed by atoms with Crippen molar-refractivity contribution < 1.29 is 9.90 Å². The molecule has 4 nitrogen and oxygen atoms in total. The molecule has 23 heavy (non-hydrogen) atoms. The van der Waals surface area contributed by atoms with Gasteiger partial charge in [-0.2, -0.15) is 0 Å². The second-order valence-electron chi connectivity index (χ2n) is 6.21. The van der Waals surface area contributed by atoms with Crippen LogP contribution in [0.2, 0.25) is 0 Å². The van der Waals surface area contributed by atoms with Gasteiger partial charge in [0, 0.05) is 5.69 Å². The minimum Gasteiger partial charge on any atom is -0.391 e. The first kappa shape index (κ1) is 19.7. The Morgan fingerprint density at radius 3 is 2.30 bits per heavy atom. The summed E-state index contributed by atoms with van der Waals surface area (Å²) in [6, 6.07) is 7.00. The minimum absolute atomic E-state index is 0.344. The fraction of sp³-hybridized carbons (Fsp3) is 0.632. The van der Waals surface area contributed by atoms with Crippen molar-refractivity contribution in [3.63, 3.8) is 0 Å². The summed E-state index contributed by atoms with van der Waals surface area (Å²) >= 11 is 0. The van der Waals surface area contributed by atoms with Gasteiger partial charge in [-0.3, -0.25) is 4.79 Å². The Balaban J connectivity index is 2.34. The van der Waals surface area contributed by atoms with Crippen molar-refractivity contribution in [1.29, 1.82) is 0 Å². The second-order valence-corrected chi connectivity index (χ2v) is 6.21. The van der Waals surface area contributed by atoms with Gasteiger partial charge >= 0.3 is 0 Å². The number of nitrogens with one attached hydrogen (secondary N) is 1. The lowest BCUT2D eigenvalue weighted by Crippen LogP contribution is -2.44. The molecule has 2 atom stereocenters. The summed E-state index contributed by atoms with van der Waals surface area (Å²) in [4.78, 5) is 11.9. The maximum atomic E-state index is 11.9. The van der Waals surface area contributed by atoms with Crippen LogP contribution < -0.4 is 11.1 Å². The first-order valence-corrected chi connectivity index (χ1v) is 8.92. The van der Waals surface area contributed by atoms with E-state index in [0.29, 0.717) is 6.42 Å². The number of unbranched alkanes of at least 4 members (excludes halogenated alkanes) is 5. The summed E-state index contributed by atoms with van der Waals surface area (Å²) in [5, 5.41) is 12.4. The number of anilines is 1. The first-order chi connectivity index (χ1) is 11.1. The van der Waals surface area contributed by atoms with E-state index in [2.05, 4.69) is 12.2 Å². The average molecular weight is 320 g/mol. The summed E-state index contributed by atoms with van der Waals surface area (Å²) in [6.45, 7) is 4.03. The van der Waals surface area contributed by atoms with Crippen LogP contribution in [0.3, 0.4) is 0 Å². The molecular formula is C19H32N2O2. The highest BCUT2D eigenvalue weighted by Gasteiger charge is 2.20. The van der Waals surface area contributed by atoms with Crippen molar-refractivity contribution in [3.8, 4) is 0 Å². The Labute approximate surface area is 140 Å². The van der Waals surface area contributed by atoms with Gasteiger partial charge in [0.1, 0.15) is 6.04 Å². The molecule has 130 valence electrons. The van der Waals surface area contributed by atoms with E-state index < -0.39 is 12.1 Å². The number of hydrogen-bond acceptors (Lipinski definition) is 3. The normalized spacial score (nSPS) is 13.6. The minimum atomic E-state index is -0.886. The molecule has 0 unspecified atom stereocenters. The molecule has 1 aromatic carbocycles. The van der Waals surface area contributed by atoms with Crippen molar-refractivity contribution in [3.05, 3.63) is 29.8 Å². The molecule has 0 bridgehead atoms. The molecule has 0 fully saturated rings. The van der Waals surface area contributed by atoms with E-state index in [4.69, 9.17) is 5.73 Å². The lowest BCUT2D eigenvalue weighted by molar-refractivity contribution is -0.119. The van der Waals surface area contributed by atoms with Crippen LogP contribution >= 0.6 is 0 Å². The molecule has 0 saturated heterocycles. The monoisotopic (exact) mass is 320 g/mol. The quantitative estimate of drug-likeness (QED) is 0.545. The largest absolute Gasteiger partial charge is 0.391 e. The summed E-state index contributed by atoms with van der Waals surface area (Å²) in [7, 11) is 0. The van der Waals surface area contributed by atoms with Crippen LogP contribution in [0.5, 0.6) is 0 Å². The number of rotatable bonds is 11. The highest BCUT2D eigenvalue weighted by Crippen LogP contribution is 2.14. The van der Waals surface area contributed by atoms with Gasteiger partial charge in [0.2, 0.25) is 5.91 Å². The number of aliphatic hydroxyl groups is 1. The number of carbonyl (C=O) groups is 1. The number of benzene rings is 1. The van der Waals surface area contributed by atoms with Crippen LogP contribution in [-0.2, 0) is 11.2 Å². The number of aliphatic hydroxyl groups excluding tert-OH is 1. The van der Waals surface area contributed by atoms with E-state index in [0.717, 1.165) is 12.1 Å². The van der Waals surface area contributed by atoms with Gasteiger partial charge in [-0.05, 0) is 37.0 Å². The molecule has 0 radical (unpaired) electrons. The molecule has 0 aliphatic carbocycles. The van der Waals surface area contributed by atoms with E-state index >= 15 is 0 Å². The summed E-state index contributed by atoms with van der Waals surface area (Å²) < 4.78 is 0. The molecule has 0 heterocycles. The van der Waals surface area contributed by atoms with Crippen molar-refractivity contribution in [2.75, 3.05) is 5.32 Å². The second kappa shape index (κ2) is 11.2.